The molecule has 0 saturated carbocycles. The smallest absolute Gasteiger partial charge is 0.126 e. The Bertz CT molecular complexity index is 523. The second kappa shape index (κ2) is 6.63. The number of halogens is 2. The summed E-state index contributed by atoms with van der Waals surface area (Å²) >= 11 is 0. The molecule has 2 aromatic rings. The first-order valence-corrected chi connectivity index (χ1v) is 6.46. The fourth-order valence-corrected chi connectivity index (χ4v) is 2.25. The van der Waals surface area contributed by atoms with E-state index in [1.54, 1.807) is 12.3 Å². The van der Waals surface area contributed by atoms with Crippen LogP contribution in [-0.4, -0.2) is 17.8 Å². The highest BCUT2D eigenvalue weighted by molar-refractivity contribution is 5.23. The summed E-state index contributed by atoms with van der Waals surface area (Å²) in [5, 5.41) is 10.2. The number of rotatable bonds is 6. The first-order valence-electron chi connectivity index (χ1n) is 6.46. The van der Waals surface area contributed by atoms with Gasteiger partial charge in [-0.2, -0.15) is 0 Å². The number of aliphatic hydroxyl groups excluding tert-OH is 1. The van der Waals surface area contributed by atoms with Crippen molar-refractivity contribution < 1.29 is 18.3 Å². The summed E-state index contributed by atoms with van der Waals surface area (Å²) in [5.74, 6) is -1.09. The number of nitrogens with two attached hydrogens (primary N) is 1. The topological polar surface area (TPSA) is 59.4 Å². The van der Waals surface area contributed by atoms with E-state index in [-0.39, 0.29) is 6.54 Å². The minimum atomic E-state index is -0.786. The van der Waals surface area contributed by atoms with Gasteiger partial charge in [0.2, 0.25) is 0 Å². The zero-order valence-electron chi connectivity index (χ0n) is 10.9. The van der Waals surface area contributed by atoms with Gasteiger partial charge in [0.05, 0.1) is 12.4 Å². The molecule has 108 valence electrons. The van der Waals surface area contributed by atoms with E-state index in [1.165, 1.54) is 12.1 Å². The van der Waals surface area contributed by atoms with Crippen molar-refractivity contribution in [1.82, 2.24) is 0 Å². The Morgan fingerprint density at radius 3 is 2.45 bits per heavy atom. The molecule has 1 heterocycles. The Kier molecular flexibility index (Phi) is 4.87. The monoisotopic (exact) mass is 281 g/mol. The fourth-order valence-electron chi connectivity index (χ4n) is 2.25. The van der Waals surface area contributed by atoms with Gasteiger partial charge in [-0.25, -0.2) is 8.78 Å². The van der Waals surface area contributed by atoms with Crippen molar-refractivity contribution in [3.63, 3.8) is 0 Å². The van der Waals surface area contributed by atoms with Crippen LogP contribution in [0.2, 0.25) is 0 Å². The van der Waals surface area contributed by atoms with Gasteiger partial charge >= 0.3 is 0 Å². The Morgan fingerprint density at radius 1 is 1.20 bits per heavy atom. The molecule has 3 N–H and O–H groups in total. The molecule has 2 unspecified atom stereocenters. The molecule has 0 fully saturated rings. The summed E-state index contributed by atoms with van der Waals surface area (Å²) in [6.07, 6.45) is 1.73. The standard InChI is InChI=1S/C15H17F2NO2/c16-11-6-10(7-12(17)8-11)14(9-18)15(19)4-3-13-2-1-5-20-13/h1-2,5-8,14-15,19H,3-4,9,18H2. The lowest BCUT2D eigenvalue weighted by Crippen LogP contribution is -2.26. The predicted octanol–water partition coefficient (Wildman–Crippen LogP) is 2.59. The molecule has 0 spiro atoms. The minimum absolute atomic E-state index is 0.113. The summed E-state index contributed by atoms with van der Waals surface area (Å²) in [5.41, 5.74) is 6.00. The van der Waals surface area contributed by atoms with Gasteiger partial charge in [0.15, 0.2) is 0 Å². The van der Waals surface area contributed by atoms with E-state index in [0.29, 0.717) is 18.4 Å². The SMILES string of the molecule is NCC(c1cc(F)cc(F)c1)C(O)CCc1ccco1. The van der Waals surface area contributed by atoms with Crippen LogP contribution < -0.4 is 5.73 Å². The quantitative estimate of drug-likeness (QED) is 0.855. The maximum absolute atomic E-state index is 13.2. The number of hydrogen-bond acceptors (Lipinski definition) is 3. The van der Waals surface area contributed by atoms with Crippen LogP contribution in [0.15, 0.2) is 41.0 Å². The molecule has 2 atom stereocenters. The van der Waals surface area contributed by atoms with Crippen LogP contribution in [0, 0.1) is 11.6 Å². The highest BCUT2D eigenvalue weighted by Gasteiger charge is 2.21. The molecule has 0 aliphatic carbocycles. The molecular formula is C15H17F2NO2. The zero-order valence-corrected chi connectivity index (χ0v) is 10.9. The van der Waals surface area contributed by atoms with Gasteiger partial charge < -0.3 is 15.3 Å². The lowest BCUT2D eigenvalue weighted by molar-refractivity contribution is 0.134. The molecule has 0 aliphatic rings. The average Bonchev–Trinajstić information content (AvgIpc) is 2.89. The normalized spacial score (nSPS) is 14.2. The van der Waals surface area contributed by atoms with E-state index in [9.17, 15) is 13.9 Å². The summed E-state index contributed by atoms with van der Waals surface area (Å²) < 4.78 is 31.6. The molecule has 0 aliphatic heterocycles. The number of aryl methyl sites for hydroxylation is 1. The number of hydrogen-bond donors (Lipinski definition) is 2. The van der Waals surface area contributed by atoms with E-state index in [0.717, 1.165) is 11.8 Å². The highest BCUT2D eigenvalue weighted by Crippen LogP contribution is 2.24. The molecule has 2 rings (SSSR count). The molecule has 1 aromatic carbocycles. The van der Waals surface area contributed by atoms with Crippen LogP contribution in [0.1, 0.15) is 23.7 Å². The molecule has 5 heteroatoms. The number of benzene rings is 1. The van der Waals surface area contributed by atoms with Crippen molar-refractivity contribution in [3.05, 3.63) is 59.6 Å². The van der Waals surface area contributed by atoms with Crippen LogP contribution in [0.3, 0.4) is 0 Å². The molecule has 0 radical (unpaired) electrons. The fraction of sp³-hybridized carbons (Fsp3) is 0.333. The zero-order chi connectivity index (χ0) is 14.5. The van der Waals surface area contributed by atoms with E-state index >= 15 is 0 Å². The van der Waals surface area contributed by atoms with Crippen LogP contribution in [0.5, 0.6) is 0 Å². The summed E-state index contributed by atoms with van der Waals surface area (Å²) in [6.45, 7) is 0.113. The molecular weight excluding hydrogens is 264 g/mol. The first-order chi connectivity index (χ1) is 9.60. The van der Waals surface area contributed by atoms with Crippen molar-refractivity contribution in [1.29, 1.82) is 0 Å². The van der Waals surface area contributed by atoms with Gasteiger partial charge in [-0.3, -0.25) is 0 Å². The van der Waals surface area contributed by atoms with E-state index in [2.05, 4.69) is 0 Å². The Hall–Kier alpha value is -1.72. The maximum Gasteiger partial charge on any atom is 0.126 e. The van der Waals surface area contributed by atoms with Crippen molar-refractivity contribution >= 4 is 0 Å². The van der Waals surface area contributed by atoms with Gasteiger partial charge in [-0.15, -0.1) is 0 Å². The average molecular weight is 281 g/mol. The second-order valence-electron chi connectivity index (χ2n) is 4.73. The minimum Gasteiger partial charge on any atom is -0.469 e. The third kappa shape index (κ3) is 3.65. The van der Waals surface area contributed by atoms with Crippen molar-refractivity contribution in [2.24, 2.45) is 5.73 Å². The second-order valence-corrected chi connectivity index (χ2v) is 4.73. The predicted molar refractivity (Wildman–Crippen MR) is 71.2 cm³/mol. The van der Waals surface area contributed by atoms with Crippen LogP contribution in [0.25, 0.3) is 0 Å². The Morgan fingerprint density at radius 2 is 1.90 bits per heavy atom. The van der Waals surface area contributed by atoms with Gasteiger partial charge in [-0.05, 0) is 36.2 Å². The van der Waals surface area contributed by atoms with E-state index in [1.807, 2.05) is 6.07 Å². The maximum atomic E-state index is 13.2. The van der Waals surface area contributed by atoms with Crippen LogP contribution in [-0.2, 0) is 6.42 Å². The molecule has 1 aromatic heterocycles. The third-order valence-corrected chi connectivity index (χ3v) is 3.30. The summed E-state index contributed by atoms with van der Waals surface area (Å²) in [7, 11) is 0. The van der Waals surface area contributed by atoms with Gasteiger partial charge in [-0.1, -0.05) is 0 Å². The lowest BCUT2D eigenvalue weighted by atomic mass is 9.90. The highest BCUT2D eigenvalue weighted by atomic mass is 19.1. The molecule has 3 nitrogen and oxygen atoms in total. The van der Waals surface area contributed by atoms with Crippen molar-refractivity contribution in [3.8, 4) is 0 Å². The molecule has 0 saturated heterocycles. The van der Waals surface area contributed by atoms with Gasteiger partial charge in [0.25, 0.3) is 0 Å². The molecule has 20 heavy (non-hydrogen) atoms. The van der Waals surface area contributed by atoms with E-state index in [4.69, 9.17) is 10.2 Å². The van der Waals surface area contributed by atoms with E-state index < -0.39 is 23.7 Å². The lowest BCUT2D eigenvalue weighted by Gasteiger charge is -2.21. The van der Waals surface area contributed by atoms with Crippen LogP contribution in [0.4, 0.5) is 8.78 Å². The van der Waals surface area contributed by atoms with Crippen LogP contribution >= 0.6 is 0 Å². The largest absolute Gasteiger partial charge is 0.469 e. The van der Waals surface area contributed by atoms with Crippen molar-refractivity contribution in [2.75, 3.05) is 6.54 Å². The summed E-state index contributed by atoms with van der Waals surface area (Å²) in [4.78, 5) is 0. The summed E-state index contributed by atoms with van der Waals surface area (Å²) in [6, 6.07) is 6.79. The van der Waals surface area contributed by atoms with Crippen molar-refractivity contribution in [2.45, 2.75) is 24.9 Å². The first kappa shape index (κ1) is 14.7. The third-order valence-electron chi connectivity index (χ3n) is 3.30. The van der Waals surface area contributed by atoms with Gasteiger partial charge in [0, 0.05) is 24.9 Å². The number of aliphatic hydroxyl groups is 1. The molecule has 0 bridgehead atoms. The van der Waals surface area contributed by atoms with Gasteiger partial charge in [0.1, 0.15) is 17.4 Å². The number of furan rings is 1. The molecule has 0 amide bonds. The Labute approximate surface area is 116 Å². The Balaban J connectivity index is 2.06.